The van der Waals surface area contributed by atoms with Crippen LogP contribution in [0, 0.1) is 0 Å². The number of nitrogens with one attached hydrogen (secondary N) is 1. The van der Waals surface area contributed by atoms with E-state index in [4.69, 9.17) is 0 Å². The maximum Gasteiger partial charge on any atom is 0.136 e. The molecule has 0 saturated carbocycles. The normalized spacial score (nSPS) is 30.5. The smallest absolute Gasteiger partial charge is 0.136 e. The van der Waals surface area contributed by atoms with Crippen LogP contribution in [0.25, 0.3) is 0 Å². The van der Waals surface area contributed by atoms with E-state index in [0.29, 0.717) is 18.2 Å². The van der Waals surface area contributed by atoms with Gasteiger partial charge in [-0.3, -0.25) is 4.79 Å². The van der Waals surface area contributed by atoms with E-state index in [1.165, 1.54) is 18.4 Å². The van der Waals surface area contributed by atoms with Crippen molar-refractivity contribution in [1.29, 1.82) is 0 Å². The number of carbonyl (C=O) groups excluding carboxylic acids is 1. The third-order valence-electron chi connectivity index (χ3n) is 2.79. The van der Waals surface area contributed by atoms with Crippen molar-refractivity contribution in [2.24, 2.45) is 0 Å². The molecule has 0 spiro atoms. The van der Waals surface area contributed by atoms with Crippen molar-refractivity contribution in [1.82, 2.24) is 5.32 Å². The molecule has 0 amide bonds. The highest BCUT2D eigenvalue weighted by molar-refractivity contribution is 5.81. The van der Waals surface area contributed by atoms with E-state index in [2.05, 4.69) is 11.4 Å². The molecule has 1 heterocycles. The summed E-state index contributed by atoms with van der Waals surface area (Å²) in [6.07, 6.45) is 7.12. The lowest BCUT2D eigenvalue weighted by Crippen LogP contribution is -2.25. The standard InChI is InChI=1S/C10H15NO/c12-9-5-3-8(4-6-9)10-2-1-7-11-10/h3,10-11H,1-2,4-7H2. The van der Waals surface area contributed by atoms with Gasteiger partial charge in [-0.05, 0) is 25.8 Å². The summed E-state index contributed by atoms with van der Waals surface area (Å²) in [4.78, 5) is 11.0. The second kappa shape index (κ2) is 3.40. The van der Waals surface area contributed by atoms with Gasteiger partial charge in [-0.15, -0.1) is 0 Å². The molecule has 1 saturated heterocycles. The minimum atomic E-state index is 0.400. The number of Topliss-reactive ketones (excluding diaryl/α,β-unsaturated/α-hetero) is 1. The Hall–Kier alpha value is -0.630. The van der Waals surface area contributed by atoms with Crippen LogP contribution in [0.1, 0.15) is 32.1 Å². The van der Waals surface area contributed by atoms with Gasteiger partial charge >= 0.3 is 0 Å². The van der Waals surface area contributed by atoms with E-state index >= 15 is 0 Å². The SMILES string of the molecule is O=C1CC=C(C2CCCN2)CC1. The predicted molar refractivity (Wildman–Crippen MR) is 48.0 cm³/mol. The van der Waals surface area contributed by atoms with Gasteiger partial charge in [0.05, 0.1) is 0 Å². The van der Waals surface area contributed by atoms with Gasteiger partial charge in [-0.1, -0.05) is 11.6 Å². The van der Waals surface area contributed by atoms with Gasteiger partial charge in [0.25, 0.3) is 0 Å². The van der Waals surface area contributed by atoms with Crippen molar-refractivity contribution in [2.75, 3.05) is 6.54 Å². The quantitative estimate of drug-likeness (QED) is 0.595. The van der Waals surface area contributed by atoms with Gasteiger partial charge in [-0.25, -0.2) is 0 Å². The maximum absolute atomic E-state index is 11.0. The third-order valence-corrected chi connectivity index (χ3v) is 2.79. The first-order valence-electron chi connectivity index (χ1n) is 4.80. The third kappa shape index (κ3) is 1.58. The summed E-state index contributed by atoms with van der Waals surface area (Å²) in [5.74, 6) is 0.400. The Morgan fingerprint density at radius 1 is 1.42 bits per heavy atom. The minimum absolute atomic E-state index is 0.400. The van der Waals surface area contributed by atoms with E-state index in [1.54, 1.807) is 0 Å². The number of hydrogen-bond donors (Lipinski definition) is 1. The van der Waals surface area contributed by atoms with Gasteiger partial charge in [0.15, 0.2) is 0 Å². The number of ketones is 1. The van der Waals surface area contributed by atoms with Crippen molar-refractivity contribution >= 4 is 5.78 Å². The predicted octanol–water partition coefficient (Wildman–Crippen LogP) is 1.42. The van der Waals surface area contributed by atoms with Crippen LogP contribution in [-0.2, 0) is 4.79 Å². The van der Waals surface area contributed by atoms with Crippen molar-refractivity contribution in [2.45, 2.75) is 38.1 Å². The minimum Gasteiger partial charge on any atom is -0.310 e. The maximum atomic E-state index is 11.0. The van der Waals surface area contributed by atoms with Crippen molar-refractivity contribution in [3.8, 4) is 0 Å². The molecule has 1 aliphatic carbocycles. The zero-order valence-electron chi connectivity index (χ0n) is 7.31. The van der Waals surface area contributed by atoms with Crippen LogP contribution in [0.3, 0.4) is 0 Å². The summed E-state index contributed by atoms with van der Waals surface area (Å²) in [6, 6.07) is 0.595. The van der Waals surface area contributed by atoms with Gasteiger partial charge < -0.3 is 5.32 Å². The zero-order chi connectivity index (χ0) is 8.39. The molecular formula is C10H15NO. The van der Waals surface area contributed by atoms with Gasteiger partial charge in [0, 0.05) is 18.9 Å². The summed E-state index contributed by atoms with van der Waals surface area (Å²) in [7, 11) is 0. The lowest BCUT2D eigenvalue weighted by molar-refractivity contribution is -0.118. The Bertz CT molecular complexity index is 214. The highest BCUT2D eigenvalue weighted by atomic mass is 16.1. The van der Waals surface area contributed by atoms with Crippen molar-refractivity contribution in [3.63, 3.8) is 0 Å². The highest BCUT2D eigenvalue weighted by Crippen LogP contribution is 2.23. The molecule has 2 nitrogen and oxygen atoms in total. The molecule has 1 atom stereocenters. The zero-order valence-corrected chi connectivity index (χ0v) is 7.31. The molecule has 2 heteroatoms. The number of hydrogen-bond acceptors (Lipinski definition) is 2. The van der Waals surface area contributed by atoms with Crippen molar-refractivity contribution in [3.05, 3.63) is 11.6 Å². The van der Waals surface area contributed by atoms with E-state index < -0.39 is 0 Å². The Kier molecular flexibility index (Phi) is 2.26. The molecule has 0 bridgehead atoms. The summed E-state index contributed by atoms with van der Waals surface area (Å²) in [5, 5.41) is 3.46. The fraction of sp³-hybridized carbons (Fsp3) is 0.700. The van der Waals surface area contributed by atoms with Crippen LogP contribution in [0.4, 0.5) is 0 Å². The van der Waals surface area contributed by atoms with E-state index in [9.17, 15) is 4.79 Å². The largest absolute Gasteiger partial charge is 0.310 e. The fourth-order valence-electron chi connectivity index (χ4n) is 2.05. The summed E-state index contributed by atoms with van der Waals surface area (Å²) >= 11 is 0. The second-order valence-electron chi connectivity index (χ2n) is 3.67. The molecule has 2 rings (SSSR count). The first-order valence-corrected chi connectivity index (χ1v) is 4.80. The first kappa shape index (κ1) is 7.99. The summed E-state index contributed by atoms with van der Waals surface area (Å²) < 4.78 is 0. The Morgan fingerprint density at radius 2 is 2.33 bits per heavy atom. The first-order chi connectivity index (χ1) is 5.86. The molecule has 0 aromatic heterocycles. The summed E-state index contributed by atoms with van der Waals surface area (Å²) in [6.45, 7) is 1.15. The van der Waals surface area contributed by atoms with Crippen LogP contribution < -0.4 is 5.32 Å². The van der Waals surface area contributed by atoms with Crippen LogP contribution in [0.15, 0.2) is 11.6 Å². The van der Waals surface area contributed by atoms with Crippen molar-refractivity contribution < 1.29 is 4.79 Å². The van der Waals surface area contributed by atoms with E-state index in [0.717, 1.165) is 19.4 Å². The molecule has 2 aliphatic rings. The molecule has 1 fully saturated rings. The summed E-state index contributed by atoms with van der Waals surface area (Å²) in [5.41, 5.74) is 1.48. The number of carbonyl (C=O) groups is 1. The highest BCUT2D eigenvalue weighted by Gasteiger charge is 2.21. The molecule has 66 valence electrons. The topological polar surface area (TPSA) is 29.1 Å². The molecule has 0 aromatic carbocycles. The molecule has 12 heavy (non-hydrogen) atoms. The van der Waals surface area contributed by atoms with Gasteiger partial charge in [0.1, 0.15) is 5.78 Å². The molecule has 1 unspecified atom stereocenters. The lowest BCUT2D eigenvalue weighted by atomic mass is 9.92. The Labute approximate surface area is 73.0 Å². The molecule has 0 aromatic rings. The van der Waals surface area contributed by atoms with Gasteiger partial charge in [0.2, 0.25) is 0 Å². The molecule has 0 radical (unpaired) electrons. The van der Waals surface area contributed by atoms with Crippen LogP contribution in [-0.4, -0.2) is 18.4 Å². The van der Waals surface area contributed by atoms with E-state index in [-0.39, 0.29) is 0 Å². The molecule has 1 N–H and O–H groups in total. The van der Waals surface area contributed by atoms with Crippen LogP contribution in [0.2, 0.25) is 0 Å². The van der Waals surface area contributed by atoms with Gasteiger partial charge in [-0.2, -0.15) is 0 Å². The average Bonchev–Trinajstić information content (AvgIpc) is 2.58. The average molecular weight is 165 g/mol. The molecule has 1 aliphatic heterocycles. The monoisotopic (exact) mass is 165 g/mol. The Morgan fingerprint density at radius 3 is 2.92 bits per heavy atom. The number of rotatable bonds is 1. The van der Waals surface area contributed by atoms with Crippen LogP contribution in [0.5, 0.6) is 0 Å². The molecular weight excluding hydrogens is 150 g/mol. The fourth-order valence-corrected chi connectivity index (χ4v) is 2.05. The van der Waals surface area contributed by atoms with Crippen LogP contribution >= 0.6 is 0 Å². The van der Waals surface area contributed by atoms with E-state index in [1.807, 2.05) is 0 Å². The second-order valence-corrected chi connectivity index (χ2v) is 3.67. The number of allylic oxidation sites excluding steroid dienone is 1. The lowest BCUT2D eigenvalue weighted by Gasteiger charge is -2.18. The Balaban J connectivity index is 1.99.